The number of aldehydes is 1. The molecule has 1 aliphatic carbocycles. The third-order valence-corrected chi connectivity index (χ3v) is 3.72. The lowest BCUT2D eigenvalue weighted by Gasteiger charge is -2.31. The fourth-order valence-corrected chi connectivity index (χ4v) is 2.71. The summed E-state index contributed by atoms with van der Waals surface area (Å²) in [7, 11) is 0. The summed E-state index contributed by atoms with van der Waals surface area (Å²) < 4.78 is 0. The van der Waals surface area contributed by atoms with Crippen molar-refractivity contribution in [3.8, 4) is 0 Å². The van der Waals surface area contributed by atoms with Gasteiger partial charge in [-0.15, -0.1) is 0 Å². The highest BCUT2D eigenvalue weighted by Crippen LogP contribution is 2.35. The van der Waals surface area contributed by atoms with Crippen LogP contribution in [0.1, 0.15) is 52.4 Å². The van der Waals surface area contributed by atoms with Gasteiger partial charge in [0.25, 0.3) is 0 Å². The third-order valence-electron chi connectivity index (χ3n) is 3.72. The Balaban J connectivity index is 2.34. The molecule has 0 bridgehead atoms. The topological polar surface area (TPSA) is 17.1 Å². The highest BCUT2D eigenvalue weighted by Gasteiger charge is 2.25. The van der Waals surface area contributed by atoms with Crippen LogP contribution in [0.4, 0.5) is 0 Å². The Hall–Kier alpha value is -0.330. The van der Waals surface area contributed by atoms with Gasteiger partial charge >= 0.3 is 0 Å². The molecule has 0 aromatic rings. The van der Waals surface area contributed by atoms with Crippen LogP contribution in [0.2, 0.25) is 0 Å². The van der Waals surface area contributed by atoms with Crippen LogP contribution in [0.3, 0.4) is 0 Å². The second-order valence-corrected chi connectivity index (χ2v) is 4.39. The summed E-state index contributed by atoms with van der Waals surface area (Å²) in [6.07, 6.45) is 8.64. The molecule has 0 aliphatic heterocycles. The van der Waals surface area contributed by atoms with Crippen molar-refractivity contribution in [3.05, 3.63) is 0 Å². The minimum Gasteiger partial charge on any atom is -0.303 e. The number of carbonyl (C=O) groups is 1. The maximum Gasteiger partial charge on any atom is 0.123 e. The van der Waals surface area contributed by atoms with Crippen LogP contribution in [0, 0.1) is 17.8 Å². The van der Waals surface area contributed by atoms with E-state index >= 15 is 0 Å². The Bertz CT molecular complexity index is 141. The quantitative estimate of drug-likeness (QED) is 0.609. The highest BCUT2D eigenvalue weighted by atomic mass is 16.1. The van der Waals surface area contributed by atoms with E-state index in [-0.39, 0.29) is 0 Å². The molecule has 13 heavy (non-hydrogen) atoms. The number of carbonyl (C=O) groups excluding carboxylic acids is 1. The summed E-state index contributed by atoms with van der Waals surface area (Å²) >= 11 is 0. The van der Waals surface area contributed by atoms with Gasteiger partial charge in [-0.25, -0.2) is 0 Å². The number of hydrogen-bond acceptors (Lipinski definition) is 1. The maximum absolute atomic E-state index is 10.6. The molecule has 0 spiro atoms. The molecule has 1 rings (SSSR count). The molecule has 0 amide bonds. The zero-order valence-electron chi connectivity index (χ0n) is 8.96. The van der Waals surface area contributed by atoms with Gasteiger partial charge in [0.1, 0.15) is 6.29 Å². The summed E-state index contributed by atoms with van der Waals surface area (Å²) in [6, 6.07) is 0. The van der Waals surface area contributed by atoms with E-state index in [0.717, 1.165) is 31.0 Å². The average Bonchev–Trinajstić information content (AvgIpc) is 2.21. The van der Waals surface area contributed by atoms with E-state index in [2.05, 4.69) is 13.8 Å². The van der Waals surface area contributed by atoms with E-state index in [4.69, 9.17) is 0 Å². The first-order valence-corrected chi connectivity index (χ1v) is 5.77. The molecule has 0 heterocycles. The normalized spacial score (nSPS) is 29.2. The summed E-state index contributed by atoms with van der Waals surface area (Å²) in [6.45, 7) is 4.58. The molecule has 1 fully saturated rings. The van der Waals surface area contributed by atoms with Crippen LogP contribution in [0.5, 0.6) is 0 Å². The largest absolute Gasteiger partial charge is 0.303 e. The van der Waals surface area contributed by atoms with Crippen molar-refractivity contribution in [3.63, 3.8) is 0 Å². The third kappa shape index (κ3) is 2.82. The van der Waals surface area contributed by atoms with Crippen molar-refractivity contribution >= 4 is 6.29 Å². The maximum atomic E-state index is 10.6. The molecular weight excluding hydrogens is 160 g/mol. The predicted molar refractivity (Wildman–Crippen MR) is 55.6 cm³/mol. The summed E-state index contributed by atoms with van der Waals surface area (Å²) in [5.74, 6) is 2.20. The molecule has 1 heteroatoms. The Morgan fingerprint density at radius 3 is 2.08 bits per heavy atom. The number of hydrogen-bond donors (Lipinski definition) is 0. The second kappa shape index (κ2) is 5.41. The molecule has 1 saturated carbocycles. The van der Waals surface area contributed by atoms with Crippen LogP contribution >= 0.6 is 0 Å². The van der Waals surface area contributed by atoms with Gasteiger partial charge in [0.15, 0.2) is 0 Å². The molecule has 1 aliphatic rings. The second-order valence-electron chi connectivity index (χ2n) is 4.39. The van der Waals surface area contributed by atoms with Crippen molar-refractivity contribution in [2.45, 2.75) is 52.4 Å². The zero-order chi connectivity index (χ0) is 9.68. The lowest BCUT2D eigenvalue weighted by atomic mass is 9.74. The van der Waals surface area contributed by atoms with Crippen LogP contribution in [-0.4, -0.2) is 6.29 Å². The van der Waals surface area contributed by atoms with Gasteiger partial charge in [-0.1, -0.05) is 26.7 Å². The molecule has 0 aromatic carbocycles. The lowest BCUT2D eigenvalue weighted by molar-refractivity contribution is -0.112. The van der Waals surface area contributed by atoms with Crippen molar-refractivity contribution in [1.29, 1.82) is 0 Å². The van der Waals surface area contributed by atoms with Gasteiger partial charge in [-0.2, -0.15) is 0 Å². The van der Waals surface area contributed by atoms with Crippen LogP contribution < -0.4 is 0 Å². The summed E-state index contributed by atoms with van der Waals surface area (Å²) in [5, 5.41) is 0. The molecular formula is C12H22O. The van der Waals surface area contributed by atoms with Crippen molar-refractivity contribution < 1.29 is 4.79 Å². The summed E-state index contributed by atoms with van der Waals surface area (Å²) in [4.78, 5) is 10.6. The van der Waals surface area contributed by atoms with E-state index in [1.165, 1.54) is 25.7 Å². The average molecular weight is 182 g/mol. The van der Waals surface area contributed by atoms with Crippen molar-refractivity contribution in [2.75, 3.05) is 0 Å². The van der Waals surface area contributed by atoms with Gasteiger partial charge in [-0.3, -0.25) is 0 Å². The lowest BCUT2D eigenvalue weighted by Crippen LogP contribution is -2.21. The Morgan fingerprint density at radius 1 is 1.15 bits per heavy atom. The van der Waals surface area contributed by atoms with Crippen LogP contribution in [0.25, 0.3) is 0 Å². The Morgan fingerprint density at radius 2 is 1.69 bits per heavy atom. The SMILES string of the molecule is CCC(CC)C1CCC(C=O)CC1. The predicted octanol–water partition coefficient (Wildman–Crippen LogP) is 3.43. The van der Waals surface area contributed by atoms with Crippen LogP contribution in [-0.2, 0) is 4.79 Å². The van der Waals surface area contributed by atoms with Gasteiger partial charge < -0.3 is 4.79 Å². The number of rotatable bonds is 4. The fourth-order valence-electron chi connectivity index (χ4n) is 2.71. The van der Waals surface area contributed by atoms with Gasteiger partial charge in [-0.05, 0) is 37.5 Å². The van der Waals surface area contributed by atoms with E-state index < -0.39 is 0 Å². The minimum absolute atomic E-state index is 0.380. The molecule has 0 N–H and O–H groups in total. The molecule has 0 radical (unpaired) electrons. The fraction of sp³-hybridized carbons (Fsp3) is 0.917. The molecule has 1 nitrogen and oxygen atoms in total. The standard InChI is InChI=1S/C12H22O/c1-3-11(4-2)12-7-5-10(9-13)6-8-12/h9-12H,3-8H2,1-2H3. The Labute approximate surface area is 81.9 Å². The van der Waals surface area contributed by atoms with E-state index in [1.54, 1.807) is 0 Å². The van der Waals surface area contributed by atoms with E-state index in [0.29, 0.717) is 5.92 Å². The van der Waals surface area contributed by atoms with E-state index in [9.17, 15) is 4.79 Å². The Kier molecular flexibility index (Phi) is 4.47. The summed E-state index contributed by atoms with van der Waals surface area (Å²) in [5.41, 5.74) is 0. The monoisotopic (exact) mass is 182 g/mol. The highest BCUT2D eigenvalue weighted by molar-refractivity contribution is 5.53. The van der Waals surface area contributed by atoms with Crippen molar-refractivity contribution in [2.24, 2.45) is 17.8 Å². The molecule has 0 atom stereocenters. The first-order valence-electron chi connectivity index (χ1n) is 5.77. The van der Waals surface area contributed by atoms with Gasteiger partial charge in [0.05, 0.1) is 0 Å². The first kappa shape index (κ1) is 10.7. The van der Waals surface area contributed by atoms with Gasteiger partial charge in [0, 0.05) is 5.92 Å². The zero-order valence-corrected chi connectivity index (χ0v) is 8.96. The molecule has 76 valence electrons. The van der Waals surface area contributed by atoms with Crippen LogP contribution in [0.15, 0.2) is 0 Å². The smallest absolute Gasteiger partial charge is 0.123 e. The van der Waals surface area contributed by atoms with Crippen molar-refractivity contribution in [1.82, 2.24) is 0 Å². The molecule has 0 saturated heterocycles. The first-order chi connectivity index (χ1) is 6.31. The van der Waals surface area contributed by atoms with E-state index in [1.807, 2.05) is 0 Å². The molecule has 0 unspecified atom stereocenters. The minimum atomic E-state index is 0.380. The van der Waals surface area contributed by atoms with Gasteiger partial charge in [0.2, 0.25) is 0 Å². The molecule has 0 aromatic heterocycles.